The zero-order chi connectivity index (χ0) is 14.8. The van der Waals surface area contributed by atoms with E-state index in [0.29, 0.717) is 16.5 Å². The summed E-state index contributed by atoms with van der Waals surface area (Å²) in [6, 6.07) is 10.1. The Balaban J connectivity index is 1.84. The molecule has 0 unspecified atom stereocenters. The molecule has 2 aromatic rings. The van der Waals surface area contributed by atoms with E-state index in [-0.39, 0.29) is 24.7 Å². The van der Waals surface area contributed by atoms with Crippen LogP contribution in [-0.2, 0) is 6.61 Å². The molecule has 0 spiro atoms. The lowest BCUT2D eigenvalue weighted by Gasteiger charge is -2.10. The molecule has 0 aliphatic carbocycles. The molecule has 3 rings (SSSR count). The molecule has 21 heavy (non-hydrogen) atoms. The summed E-state index contributed by atoms with van der Waals surface area (Å²) in [7, 11) is 0. The molecule has 1 heterocycles. The summed E-state index contributed by atoms with van der Waals surface area (Å²) in [5.41, 5.74) is 0.918. The molecule has 0 amide bonds. The maximum atomic E-state index is 11.3. The van der Waals surface area contributed by atoms with Crippen molar-refractivity contribution in [3.63, 3.8) is 0 Å². The highest BCUT2D eigenvalue weighted by Gasteiger charge is 2.21. The summed E-state index contributed by atoms with van der Waals surface area (Å²) in [4.78, 5) is 11.3. The van der Waals surface area contributed by atoms with Crippen molar-refractivity contribution in [1.29, 1.82) is 0 Å². The number of fused-ring (bicyclic) bond motifs is 1. The minimum atomic E-state index is -1.08. The van der Waals surface area contributed by atoms with Crippen LogP contribution in [-0.4, -0.2) is 17.9 Å². The Morgan fingerprint density at radius 3 is 2.52 bits per heavy atom. The van der Waals surface area contributed by atoms with Crippen molar-refractivity contribution in [2.75, 3.05) is 6.79 Å². The van der Waals surface area contributed by atoms with Gasteiger partial charge in [-0.25, -0.2) is 4.79 Å². The third-order valence-electron chi connectivity index (χ3n) is 3.01. The number of carbonyl (C=O) groups is 1. The highest BCUT2D eigenvalue weighted by molar-refractivity contribution is 6.30. The van der Waals surface area contributed by atoms with Gasteiger partial charge in [-0.3, -0.25) is 0 Å². The van der Waals surface area contributed by atoms with Gasteiger partial charge in [0, 0.05) is 17.2 Å². The fourth-order valence-corrected chi connectivity index (χ4v) is 2.08. The summed E-state index contributed by atoms with van der Waals surface area (Å²) >= 11 is 5.81. The van der Waals surface area contributed by atoms with Gasteiger partial charge < -0.3 is 19.3 Å². The molecule has 5 nitrogen and oxygen atoms in total. The number of ether oxygens (including phenoxy) is 3. The zero-order valence-corrected chi connectivity index (χ0v) is 11.6. The average Bonchev–Trinajstić information content (AvgIpc) is 2.92. The van der Waals surface area contributed by atoms with Crippen molar-refractivity contribution in [3.8, 4) is 17.2 Å². The van der Waals surface area contributed by atoms with E-state index in [0.717, 1.165) is 5.56 Å². The third kappa shape index (κ3) is 2.87. The lowest BCUT2D eigenvalue weighted by Crippen LogP contribution is -2.03. The number of hydrogen-bond donors (Lipinski definition) is 1. The Bertz CT molecular complexity index is 681. The second kappa shape index (κ2) is 5.54. The van der Waals surface area contributed by atoms with Crippen molar-refractivity contribution in [2.24, 2.45) is 0 Å². The van der Waals surface area contributed by atoms with Crippen molar-refractivity contribution in [2.45, 2.75) is 6.61 Å². The van der Waals surface area contributed by atoms with Crippen LogP contribution in [0.25, 0.3) is 0 Å². The van der Waals surface area contributed by atoms with E-state index in [4.69, 9.17) is 25.8 Å². The van der Waals surface area contributed by atoms with Crippen LogP contribution in [0.5, 0.6) is 17.2 Å². The number of hydrogen-bond acceptors (Lipinski definition) is 4. The van der Waals surface area contributed by atoms with Crippen molar-refractivity contribution < 1.29 is 24.1 Å². The maximum absolute atomic E-state index is 11.3. The Labute approximate surface area is 125 Å². The van der Waals surface area contributed by atoms with Gasteiger partial charge in [-0.15, -0.1) is 0 Å². The van der Waals surface area contributed by atoms with E-state index >= 15 is 0 Å². The van der Waals surface area contributed by atoms with E-state index in [2.05, 4.69) is 0 Å². The SMILES string of the molecule is O=C(O)c1cc2c(cc1OCc1ccc(Cl)cc1)OCO2. The normalized spacial score (nSPS) is 12.2. The summed E-state index contributed by atoms with van der Waals surface area (Å²) in [6.07, 6.45) is 0. The molecule has 0 fully saturated rings. The van der Waals surface area contributed by atoms with Crippen molar-refractivity contribution in [3.05, 3.63) is 52.5 Å². The molecule has 0 radical (unpaired) electrons. The molecule has 2 aromatic carbocycles. The topological polar surface area (TPSA) is 65.0 Å². The van der Waals surface area contributed by atoms with E-state index in [9.17, 15) is 9.90 Å². The molecular formula is C15H11ClO5. The molecule has 0 aromatic heterocycles. The molecule has 1 aliphatic heterocycles. The van der Waals surface area contributed by atoms with Gasteiger partial charge in [0.05, 0.1) is 0 Å². The molecule has 0 saturated carbocycles. The van der Waals surface area contributed by atoms with Gasteiger partial charge in [-0.2, -0.15) is 0 Å². The Kier molecular flexibility index (Phi) is 3.58. The molecule has 6 heteroatoms. The van der Waals surface area contributed by atoms with Crippen molar-refractivity contribution >= 4 is 17.6 Å². The van der Waals surface area contributed by atoms with Gasteiger partial charge in [-0.05, 0) is 17.7 Å². The van der Waals surface area contributed by atoms with Crippen LogP contribution in [0.15, 0.2) is 36.4 Å². The third-order valence-corrected chi connectivity index (χ3v) is 3.26. The predicted molar refractivity (Wildman–Crippen MR) is 75.3 cm³/mol. The Morgan fingerprint density at radius 1 is 1.19 bits per heavy atom. The van der Waals surface area contributed by atoms with Crippen LogP contribution in [0, 0.1) is 0 Å². The number of halogens is 1. The zero-order valence-electron chi connectivity index (χ0n) is 10.8. The lowest BCUT2D eigenvalue weighted by atomic mass is 10.1. The highest BCUT2D eigenvalue weighted by Crippen LogP contribution is 2.38. The number of benzene rings is 2. The molecule has 0 atom stereocenters. The predicted octanol–water partition coefficient (Wildman–Crippen LogP) is 3.35. The summed E-state index contributed by atoms with van der Waals surface area (Å²) in [5.74, 6) is 0.0402. The molecule has 108 valence electrons. The summed E-state index contributed by atoms with van der Waals surface area (Å²) < 4.78 is 16.0. The second-order valence-electron chi connectivity index (χ2n) is 4.42. The van der Waals surface area contributed by atoms with Gasteiger partial charge in [0.15, 0.2) is 11.5 Å². The van der Waals surface area contributed by atoms with E-state index in [1.165, 1.54) is 12.1 Å². The van der Waals surface area contributed by atoms with Gasteiger partial charge in [0.1, 0.15) is 17.9 Å². The van der Waals surface area contributed by atoms with E-state index in [1.807, 2.05) is 12.1 Å². The second-order valence-corrected chi connectivity index (χ2v) is 4.86. The standard InChI is InChI=1S/C15H11ClO5/c16-10-3-1-9(2-4-10)7-19-12-6-14-13(20-8-21-14)5-11(12)15(17)18/h1-6H,7-8H2,(H,17,18). The van der Waals surface area contributed by atoms with E-state index < -0.39 is 5.97 Å². The monoisotopic (exact) mass is 306 g/mol. The van der Waals surface area contributed by atoms with Gasteiger partial charge in [-0.1, -0.05) is 23.7 Å². The maximum Gasteiger partial charge on any atom is 0.339 e. The minimum absolute atomic E-state index is 0.0354. The molecular weight excluding hydrogens is 296 g/mol. The van der Waals surface area contributed by atoms with Crippen LogP contribution < -0.4 is 14.2 Å². The number of aromatic carboxylic acids is 1. The number of rotatable bonds is 4. The van der Waals surface area contributed by atoms with Crippen molar-refractivity contribution in [1.82, 2.24) is 0 Å². The molecule has 1 aliphatic rings. The average molecular weight is 307 g/mol. The first-order valence-electron chi connectivity index (χ1n) is 6.17. The van der Waals surface area contributed by atoms with E-state index in [1.54, 1.807) is 12.1 Å². The Morgan fingerprint density at radius 2 is 1.86 bits per heavy atom. The number of carboxylic acid groups (broad SMARTS) is 1. The largest absolute Gasteiger partial charge is 0.488 e. The highest BCUT2D eigenvalue weighted by atomic mass is 35.5. The van der Waals surface area contributed by atoms with Gasteiger partial charge >= 0.3 is 5.97 Å². The van der Waals surface area contributed by atoms with Crippen LogP contribution in [0.2, 0.25) is 5.02 Å². The van der Waals surface area contributed by atoms with Crippen LogP contribution in [0.3, 0.4) is 0 Å². The van der Waals surface area contributed by atoms with Gasteiger partial charge in [0.25, 0.3) is 0 Å². The minimum Gasteiger partial charge on any atom is -0.488 e. The number of carboxylic acids is 1. The first-order chi connectivity index (χ1) is 10.1. The summed E-state index contributed by atoms with van der Waals surface area (Å²) in [6.45, 7) is 0.312. The molecule has 0 saturated heterocycles. The smallest absolute Gasteiger partial charge is 0.339 e. The molecule has 0 bridgehead atoms. The van der Waals surface area contributed by atoms with Gasteiger partial charge in [0.2, 0.25) is 6.79 Å². The molecule has 1 N–H and O–H groups in total. The Hall–Kier alpha value is -2.40. The lowest BCUT2D eigenvalue weighted by molar-refractivity contribution is 0.0691. The first kappa shape index (κ1) is 13.6. The van der Waals surface area contributed by atoms with Crippen LogP contribution in [0.1, 0.15) is 15.9 Å². The fourth-order valence-electron chi connectivity index (χ4n) is 1.95. The first-order valence-corrected chi connectivity index (χ1v) is 6.55. The van der Waals surface area contributed by atoms with Crippen LogP contribution >= 0.6 is 11.6 Å². The van der Waals surface area contributed by atoms with Crippen LogP contribution in [0.4, 0.5) is 0 Å². The summed E-state index contributed by atoms with van der Waals surface area (Å²) in [5, 5.41) is 9.87. The fraction of sp³-hybridized carbons (Fsp3) is 0.133. The quantitative estimate of drug-likeness (QED) is 0.938.